The van der Waals surface area contributed by atoms with Crippen LogP contribution in [0.1, 0.15) is 18.1 Å². The lowest BCUT2D eigenvalue weighted by Gasteiger charge is -2.14. The first-order valence-corrected chi connectivity index (χ1v) is 10.1. The van der Waals surface area contributed by atoms with E-state index in [1.54, 1.807) is 25.1 Å². The smallest absolute Gasteiger partial charge is 0.417 e. The molecule has 32 heavy (non-hydrogen) atoms. The number of rotatable bonds is 6. The molecular weight excluding hydrogens is 496 g/mol. The van der Waals surface area contributed by atoms with Gasteiger partial charge in [-0.05, 0) is 25.1 Å². The molecule has 0 bridgehead atoms. The summed E-state index contributed by atoms with van der Waals surface area (Å²) in [5.74, 6) is -2.07. The number of pyridine rings is 1. The Balaban J connectivity index is 1.76. The van der Waals surface area contributed by atoms with Gasteiger partial charge in [-0.15, -0.1) is 5.10 Å². The Bertz CT molecular complexity index is 1080. The number of nitrogens with zero attached hydrogens (tertiary/aromatic N) is 4. The molecule has 0 fully saturated rings. The summed E-state index contributed by atoms with van der Waals surface area (Å²) in [6.07, 6.45) is -2.92. The Kier molecular flexibility index (Phi) is 7.47. The van der Waals surface area contributed by atoms with Crippen molar-refractivity contribution in [3.63, 3.8) is 0 Å². The van der Waals surface area contributed by atoms with Gasteiger partial charge in [0, 0.05) is 21.8 Å². The number of oxime groups is 1. The SMILES string of the molecule is CCOC1=NN(c2ncc(C(F)(F)F)cc2Cl)C(=O)[C@H]1/C=N\OCc1ccc(Cl)cc1Cl. The lowest BCUT2D eigenvalue weighted by atomic mass is 10.1. The summed E-state index contributed by atoms with van der Waals surface area (Å²) in [5.41, 5.74) is -0.439. The van der Waals surface area contributed by atoms with Crippen LogP contribution in [0.15, 0.2) is 40.7 Å². The van der Waals surface area contributed by atoms with Gasteiger partial charge < -0.3 is 9.57 Å². The van der Waals surface area contributed by atoms with E-state index in [2.05, 4.69) is 15.2 Å². The second-order valence-corrected chi connectivity index (χ2v) is 7.54. The van der Waals surface area contributed by atoms with Crippen molar-refractivity contribution in [2.24, 2.45) is 16.2 Å². The van der Waals surface area contributed by atoms with Crippen LogP contribution < -0.4 is 5.01 Å². The summed E-state index contributed by atoms with van der Waals surface area (Å²) in [7, 11) is 0. The standard InChI is InChI=1S/C19H14Cl3F3N4O3/c1-2-31-17-13(8-27-32-9-10-3-4-12(20)6-14(10)21)18(30)29(28-17)16-15(22)5-11(7-26-16)19(23,24)25/h3-8,13H,2,9H2,1H3/b27-8-/t13-/m0/s1. The van der Waals surface area contributed by atoms with E-state index in [-0.39, 0.29) is 24.9 Å². The maximum Gasteiger partial charge on any atom is 0.417 e. The first-order valence-electron chi connectivity index (χ1n) is 8.99. The molecule has 2 aromatic rings. The number of amides is 1. The zero-order valence-electron chi connectivity index (χ0n) is 16.2. The van der Waals surface area contributed by atoms with E-state index < -0.39 is 28.6 Å². The quantitative estimate of drug-likeness (QED) is 0.376. The average Bonchev–Trinajstić information content (AvgIpc) is 3.01. The van der Waals surface area contributed by atoms with Crippen LogP contribution in [0.25, 0.3) is 0 Å². The lowest BCUT2D eigenvalue weighted by molar-refractivity contribution is -0.137. The van der Waals surface area contributed by atoms with E-state index in [9.17, 15) is 18.0 Å². The predicted octanol–water partition coefficient (Wildman–Crippen LogP) is 5.58. The zero-order chi connectivity index (χ0) is 23.5. The Morgan fingerprint density at radius 1 is 1.22 bits per heavy atom. The van der Waals surface area contributed by atoms with Crippen molar-refractivity contribution in [3.8, 4) is 0 Å². The number of aromatic nitrogens is 1. The molecule has 1 amide bonds. The number of anilines is 1. The topological polar surface area (TPSA) is 76.4 Å². The van der Waals surface area contributed by atoms with E-state index in [1.807, 2.05) is 0 Å². The highest BCUT2D eigenvalue weighted by molar-refractivity contribution is 6.35. The van der Waals surface area contributed by atoms with Crippen LogP contribution in [-0.2, 0) is 27.2 Å². The third-order valence-electron chi connectivity index (χ3n) is 4.10. The Labute approximate surface area is 195 Å². The molecule has 0 aliphatic carbocycles. The third-order valence-corrected chi connectivity index (χ3v) is 4.97. The van der Waals surface area contributed by atoms with Crippen LogP contribution in [0.4, 0.5) is 19.0 Å². The highest BCUT2D eigenvalue weighted by Gasteiger charge is 2.40. The molecule has 0 saturated heterocycles. The molecule has 3 rings (SSSR count). The number of benzene rings is 1. The monoisotopic (exact) mass is 508 g/mol. The third kappa shape index (κ3) is 5.43. The molecular formula is C19H14Cl3F3N4O3. The largest absolute Gasteiger partial charge is 0.479 e. The van der Waals surface area contributed by atoms with Crippen molar-refractivity contribution < 1.29 is 27.5 Å². The fraction of sp³-hybridized carbons (Fsp3) is 0.263. The van der Waals surface area contributed by atoms with Crippen LogP contribution in [0, 0.1) is 5.92 Å². The van der Waals surface area contributed by atoms with Gasteiger partial charge in [-0.1, -0.05) is 46.0 Å². The van der Waals surface area contributed by atoms with Crippen LogP contribution in [-0.4, -0.2) is 29.6 Å². The van der Waals surface area contributed by atoms with E-state index >= 15 is 0 Å². The number of halogens is 6. The highest BCUT2D eigenvalue weighted by Crippen LogP contribution is 2.35. The normalized spacial score (nSPS) is 16.6. The van der Waals surface area contributed by atoms with Gasteiger partial charge in [-0.25, -0.2) is 4.98 Å². The number of hydrazone groups is 1. The Morgan fingerprint density at radius 3 is 2.59 bits per heavy atom. The van der Waals surface area contributed by atoms with E-state index in [4.69, 9.17) is 44.4 Å². The molecule has 170 valence electrons. The van der Waals surface area contributed by atoms with E-state index in [1.165, 1.54) is 0 Å². The molecule has 0 saturated carbocycles. The molecule has 1 aliphatic heterocycles. The van der Waals surface area contributed by atoms with Gasteiger partial charge in [0.05, 0.1) is 23.4 Å². The minimum atomic E-state index is -4.64. The summed E-state index contributed by atoms with van der Waals surface area (Å²) >= 11 is 17.8. The minimum absolute atomic E-state index is 0.00449. The molecule has 0 radical (unpaired) electrons. The molecule has 0 N–H and O–H groups in total. The molecule has 0 spiro atoms. The summed E-state index contributed by atoms with van der Waals surface area (Å²) in [6.45, 7) is 1.86. The molecule has 1 aliphatic rings. The predicted molar refractivity (Wildman–Crippen MR) is 114 cm³/mol. The van der Waals surface area contributed by atoms with Gasteiger partial charge in [0.25, 0.3) is 5.91 Å². The molecule has 1 aromatic heterocycles. The number of hydrogen-bond acceptors (Lipinski definition) is 6. The van der Waals surface area contributed by atoms with Crippen molar-refractivity contribution >= 4 is 58.6 Å². The summed E-state index contributed by atoms with van der Waals surface area (Å²) in [4.78, 5) is 21.6. The summed E-state index contributed by atoms with van der Waals surface area (Å²) < 4.78 is 43.9. The molecule has 7 nitrogen and oxygen atoms in total. The van der Waals surface area contributed by atoms with Crippen molar-refractivity contribution in [1.29, 1.82) is 0 Å². The fourth-order valence-electron chi connectivity index (χ4n) is 2.58. The number of carbonyl (C=O) groups excluding carboxylic acids is 1. The highest BCUT2D eigenvalue weighted by atomic mass is 35.5. The van der Waals surface area contributed by atoms with Crippen molar-refractivity contribution in [2.75, 3.05) is 11.6 Å². The maximum absolute atomic E-state index is 12.8. The van der Waals surface area contributed by atoms with Gasteiger partial charge in [0.2, 0.25) is 5.90 Å². The Morgan fingerprint density at radius 2 is 1.97 bits per heavy atom. The van der Waals surface area contributed by atoms with E-state index in [0.717, 1.165) is 11.2 Å². The summed E-state index contributed by atoms with van der Waals surface area (Å²) in [6, 6.07) is 5.50. The molecule has 1 aromatic carbocycles. The van der Waals surface area contributed by atoms with E-state index in [0.29, 0.717) is 27.9 Å². The minimum Gasteiger partial charge on any atom is -0.479 e. The van der Waals surface area contributed by atoms with Crippen molar-refractivity contribution in [2.45, 2.75) is 19.7 Å². The number of alkyl halides is 3. The fourth-order valence-corrected chi connectivity index (χ4v) is 3.29. The van der Waals surface area contributed by atoms with Gasteiger partial charge in [0.15, 0.2) is 11.7 Å². The van der Waals surface area contributed by atoms with Crippen molar-refractivity contribution in [3.05, 3.63) is 56.7 Å². The number of carbonyl (C=O) groups is 1. The van der Waals surface area contributed by atoms with Crippen LogP contribution in [0.5, 0.6) is 0 Å². The molecule has 0 unspecified atom stereocenters. The van der Waals surface area contributed by atoms with Crippen LogP contribution >= 0.6 is 34.8 Å². The average molecular weight is 510 g/mol. The maximum atomic E-state index is 12.8. The van der Waals surface area contributed by atoms with Crippen LogP contribution in [0.3, 0.4) is 0 Å². The number of hydrogen-bond donors (Lipinski definition) is 0. The molecule has 2 heterocycles. The van der Waals surface area contributed by atoms with Crippen molar-refractivity contribution in [1.82, 2.24) is 4.98 Å². The second kappa shape index (κ2) is 9.93. The van der Waals surface area contributed by atoms with Gasteiger partial charge in [-0.2, -0.15) is 18.2 Å². The lowest BCUT2D eigenvalue weighted by Crippen LogP contribution is -2.30. The van der Waals surface area contributed by atoms with Gasteiger partial charge in [0.1, 0.15) is 6.61 Å². The van der Waals surface area contributed by atoms with Crippen LogP contribution in [0.2, 0.25) is 15.1 Å². The zero-order valence-corrected chi connectivity index (χ0v) is 18.5. The molecule has 1 atom stereocenters. The Hall–Kier alpha value is -2.56. The van der Waals surface area contributed by atoms with Gasteiger partial charge in [-0.3, -0.25) is 4.79 Å². The second-order valence-electron chi connectivity index (χ2n) is 6.29. The first-order chi connectivity index (χ1) is 15.1. The summed E-state index contributed by atoms with van der Waals surface area (Å²) in [5, 5.41) is 8.97. The molecule has 13 heteroatoms. The number of ether oxygens (including phenoxy) is 1. The first kappa shape index (κ1) is 24.1. The van der Waals surface area contributed by atoms with Gasteiger partial charge >= 0.3 is 6.18 Å².